The van der Waals surface area contributed by atoms with E-state index in [-0.39, 0.29) is 16.9 Å². The minimum Gasteiger partial charge on any atom is -0.457 e. The highest BCUT2D eigenvalue weighted by Gasteiger charge is 2.32. The first kappa shape index (κ1) is 22.3. The van der Waals surface area contributed by atoms with E-state index in [9.17, 15) is 18.0 Å². The van der Waals surface area contributed by atoms with Crippen LogP contribution in [0, 0.1) is 12.3 Å². The molecule has 156 valence electrons. The molecule has 1 amide bonds. The van der Waals surface area contributed by atoms with Gasteiger partial charge in [0.2, 0.25) is 6.41 Å². The quantitative estimate of drug-likeness (QED) is 0.507. The number of amides is 1. The maximum Gasteiger partial charge on any atom is 0.573 e. The van der Waals surface area contributed by atoms with Gasteiger partial charge in [0.15, 0.2) is 0 Å². The molecule has 0 aromatic heterocycles. The van der Waals surface area contributed by atoms with Gasteiger partial charge in [-0.15, -0.1) is 13.2 Å². The number of allylic oxidation sites excluding steroid dienone is 2. The van der Waals surface area contributed by atoms with E-state index in [1.54, 1.807) is 35.2 Å². The van der Waals surface area contributed by atoms with Crippen LogP contribution in [-0.2, 0) is 4.79 Å². The van der Waals surface area contributed by atoms with Crippen LogP contribution in [-0.4, -0.2) is 12.8 Å². The summed E-state index contributed by atoms with van der Waals surface area (Å²) in [4.78, 5) is 13.2. The van der Waals surface area contributed by atoms with Crippen molar-refractivity contribution in [3.05, 3.63) is 59.8 Å². The van der Waals surface area contributed by atoms with Gasteiger partial charge >= 0.3 is 6.36 Å². The van der Waals surface area contributed by atoms with E-state index in [1.807, 2.05) is 33.8 Å². The van der Waals surface area contributed by atoms with Crippen LogP contribution in [0.1, 0.15) is 33.3 Å². The first-order valence-electron chi connectivity index (χ1n) is 9.00. The molecule has 4 nitrogen and oxygen atoms in total. The Balaban J connectivity index is 2.23. The lowest BCUT2D eigenvalue weighted by Crippen LogP contribution is -2.29. The van der Waals surface area contributed by atoms with Crippen molar-refractivity contribution >= 4 is 12.1 Å². The summed E-state index contributed by atoms with van der Waals surface area (Å²) in [7, 11) is 0. The molecule has 29 heavy (non-hydrogen) atoms. The van der Waals surface area contributed by atoms with Gasteiger partial charge in [-0.25, -0.2) is 0 Å². The smallest absolute Gasteiger partial charge is 0.457 e. The van der Waals surface area contributed by atoms with E-state index < -0.39 is 6.36 Å². The molecule has 7 heteroatoms. The summed E-state index contributed by atoms with van der Waals surface area (Å²) in [5, 5.41) is 0. The zero-order chi connectivity index (χ0) is 21.8. The maximum atomic E-state index is 12.5. The average molecular weight is 407 g/mol. The molecular formula is C22H24F3NO3. The summed E-state index contributed by atoms with van der Waals surface area (Å²) in [5.41, 5.74) is 1.60. The number of rotatable bonds is 6. The summed E-state index contributed by atoms with van der Waals surface area (Å²) in [6.45, 7) is 9.41. The zero-order valence-corrected chi connectivity index (χ0v) is 17.0. The summed E-state index contributed by atoms with van der Waals surface area (Å²) in [6, 6.07) is 10.9. The van der Waals surface area contributed by atoms with Crippen LogP contribution < -0.4 is 14.4 Å². The molecule has 2 rings (SSSR count). The van der Waals surface area contributed by atoms with Crippen molar-refractivity contribution in [3.63, 3.8) is 0 Å². The molecule has 2 aromatic carbocycles. The lowest BCUT2D eigenvalue weighted by Gasteiger charge is -2.31. The van der Waals surface area contributed by atoms with Gasteiger partial charge in [0, 0.05) is 22.9 Å². The fourth-order valence-corrected chi connectivity index (χ4v) is 2.88. The number of carbonyl (C=O) groups is 1. The van der Waals surface area contributed by atoms with Crippen LogP contribution in [0.25, 0.3) is 0 Å². The van der Waals surface area contributed by atoms with E-state index in [0.29, 0.717) is 17.0 Å². The minimum absolute atomic E-state index is 0.207. The molecular weight excluding hydrogens is 383 g/mol. The third kappa shape index (κ3) is 6.01. The predicted octanol–water partition coefficient (Wildman–Crippen LogP) is 6.60. The maximum absolute atomic E-state index is 12.5. The molecule has 0 heterocycles. The van der Waals surface area contributed by atoms with Crippen LogP contribution in [0.15, 0.2) is 54.2 Å². The molecule has 0 atom stereocenters. The van der Waals surface area contributed by atoms with E-state index in [2.05, 4.69) is 4.74 Å². The van der Waals surface area contributed by atoms with Crippen molar-refractivity contribution in [2.24, 2.45) is 5.41 Å². The first-order chi connectivity index (χ1) is 13.4. The molecule has 0 unspecified atom stereocenters. The number of anilines is 1. The Morgan fingerprint density at radius 2 is 1.59 bits per heavy atom. The highest BCUT2D eigenvalue weighted by molar-refractivity contribution is 5.80. The number of carbonyl (C=O) groups excluding carboxylic acids is 1. The van der Waals surface area contributed by atoms with E-state index in [1.165, 1.54) is 19.1 Å². The third-order valence-electron chi connectivity index (χ3n) is 4.14. The van der Waals surface area contributed by atoms with Crippen LogP contribution in [0.4, 0.5) is 18.9 Å². The van der Waals surface area contributed by atoms with Crippen LogP contribution >= 0.6 is 0 Å². The Kier molecular flexibility index (Phi) is 6.62. The Bertz CT molecular complexity index is 882. The van der Waals surface area contributed by atoms with Gasteiger partial charge in [-0.2, -0.15) is 0 Å². The van der Waals surface area contributed by atoms with Crippen molar-refractivity contribution in [1.82, 2.24) is 0 Å². The second kappa shape index (κ2) is 8.59. The van der Waals surface area contributed by atoms with Gasteiger partial charge in [0.1, 0.15) is 17.2 Å². The van der Waals surface area contributed by atoms with Crippen molar-refractivity contribution in [2.45, 2.75) is 41.0 Å². The Labute approximate surface area is 168 Å². The Morgan fingerprint density at radius 1 is 1.00 bits per heavy atom. The highest BCUT2D eigenvalue weighted by Crippen LogP contribution is 2.34. The third-order valence-corrected chi connectivity index (χ3v) is 4.14. The zero-order valence-electron chi connectivity index (χ0n) is 17.0. The minimum atomic E-state index is -4.78. The molecule has 0 aliphatic rings. The number of benzene rings is 2. The van der Waals surface area contributed by atoms with Gasteiger partial charge in [-0.1, -0.05) is 32.9 Å². The monoisotopic (exact) mass is 407 g/mol. The van der Waals surface area contributed by atoms with Crippen LogP contribution in [0.2, 0.25) is 0 Å². The van der Waals surface area contributed by atoms with Crippen molar-refractivity contribution < 1.29 is 27.4 Å². The fraction of sp³-hybridized carbons (Fsp3) is 0.318. The number of ether oxygens (including phenoxy) is 2. The molecule has 2 aromatic rings. The molecule has 0 aliphatic heterocycles. The summed E-state index contributed by atoms with van der Waals surface area (Å²) in [5.74, 6) is 0.305. The van der Waals surface area contributed by atoms with Crippen molar-refractivity contribution in [1.29, 1.82) is 0 Å². The van der Waals surface area contributed by atoms with Crippen molar-refractivity contribution in [3.8, 4) is 17.2 Å². The number of hydrogen-bond acceptors (Lipinski definition) is 3. The fourth-order valence-electron chi connectivity index (χ4n) is 2.88. The Hall–Kier alpha value is -2.96. The number of halogens is 3. The summed E-state index contributed by atoms with van der Waals surface area (Å²) >= 11 is 0. The normalized spacial score (nSPS) is 12.5. The van der Waals surface area contributed by atoms with Gasteiger partial charge in [-0.05, 0) is 49.7 Å². The summed E-state index contributed by atoms with van der Waals surface area (Å²) in [6.07, 6.45) is -2.15. The lowest BCUT2D eigenvalue weighted by atomic mass is 9.90. The number of alkyl halides is 3. The number of hydrogen-bond donors (Lipinski definition) is 0. The van der Waals surface area contributed by atoms with E-state index in [0.717, 1.165) is 12.1 Å². The summed E-state index contributed by atoms with van der Waals surface area (Å²) < 4.78 is 47.2. The molecule has 0 N–H and O–H groups in total. The van der Waals surface area contributed by atoms with Crippen LogP contribution in [0.3, 0.4) is 0 Å². The number of aryl methyl sites for hydroxylation is 1. The number of nitrogens with zero attached hydrogens (tertiary/aromatic N) is 1. The predicted molar refractivity (Wildman–Crippen MR) is 106 cm³/mol. The van der Waals surface area contributed by atoms with Gasteiger partial charge in [-0.3, -0.25) is 9.69 Å². The molecule has 0 fully saturated rings. The Morgan fingerprint density at radius 3 is 2.07 bits per heavy atom. The molecule has 0 saturated heterocycles. The van der Waals surface area contributed by atoms with E-state index >= 15 is 0 Å². The standard InChI is InChI=1S/C22H24F3NO3/c1-6-20(21(3,4)5)26(14-27)16-8-11-17(12-9-16)28-18-10-7-15(2)19(13-18)29-22(23,24)25/h6-14H,1-5H3/b20-6-. The topological polar surface area (TPSA) is 38.8 Å². The molecule has 0 spiro atoms. The molecule has 0 radical (unpaired) electrons. The second-order valence-corrected chi connectivity index (χ2v) is 7.47. The van der Waals surface area contributed by atoms with Gasteiger partial charge in [0.25, 0.3) is 0 Å². The average Bonchev–Trinajstić information content (AvgIpc) is 2.61. The second-order valence-electron chi connectivity index (χ2n) is 7.47. The van der Waals surface area contributed by atoms with Gasteiger partial charge in [0.05, 0.1) is 0 Å². The first-order valence-corrected chi connectivity index (χ1v) is 9.00. The van der Waals surface area contributed by atoms with Gasteiger partial charge < -0.3 is 9.47 Å². The van der Waals surface area contributed by atoms with Crippen LogP contribution in [0.5, 0.6) is 17.2 Å². The molecule has 0 bridgehead atoms. The SMILES string of the molecule is C/C=C(\N(C=O)c1ccc(Oc2ccc(C)c(OC(F)(F)F)c2)cc1)C(C)(C)C. The largest absolute Gasteiger partial charge is 0.573 e. The van der Waals surface area contributed by atoms with E-state index in [4.69, 9.17) is 4.74 Å². The lowest BCUT2D eigenvalue weighted by molar-refractivity contribution is -0.274. The highest BCUT2D eigenvalue weighted by atomic mass is 19.4. The van der Waals surface area contributed by atoms with Crippen molar-refractivity contribution in [2.75, 3.05) is 4.90 Å². The molecule has 0 aliphatic carbocycles. The molecule has 0 saturated carbocycles.